The molecule has 0 atom stereocenters. The molecule has 2 rings (SSSR count). The number of hydrogen-bond acceptors (Lipinski definition) is 5. The molecule has 0 unspecified atom stereocenters. The molecule has 1 N–H and O–H groups in total. The van der Waals surface area contributed by atoms with Crippen molar-refractivity contribution in [1.82, 2.24) is 9.97 Å². The zero-order valence-corrected chi connectivity index (χ0v) is 12.9. The Kier molecular flexibility index (Phi) is 4.98. The molecular formula is C16H21N3O2. The SMILES string of the molecule is CCNc1ncnc(Oc2ccc(C)cc2OC)c1CC. The highest BCUT2D eigenvalue weighted by Gasteiger charge is 2.13. The highest BCUT2D eigenvalue weighted by molar-refractivity contribution is 5.51. The van der Waals surface area contributed by atoms with Crippen LogP contribution in [0.4, 0.5) is 5.82 Å². The first-order chi connectivity index (χ1) is 10.2. The van der Waals surface area contributed by atoms with E-state index in [-0.39, 0.29) is 0 Å². The molecule has 0 radical (unpaired) electrons. The molecule has 0 bridgehead atoms. The van der Waals surface area contributed by atoms with Gasteiger partial charge in [0.15, 0.2) is 11.5 Å². The lowest BCUT2D eigenvalue weighted by molar-refractivity contribution is 0.372. The van der Waals surface area contributed by atoms with Crippen LogP contribution in [0.5, 0.6) is 17.4 Å². The zero-order chi connectivity index (χ0) is 15.2. The molecule has 1 aromatic heterocycles. The Labute approximate surface area is 125 Å². The molecule has 1 heterocycles. The summed E-state index contributed by atoms with van der Waals surface area (Å²) < 4.78 is 11.3. The van der Waals surface area contributed by atoms with Gasteiger partial charge in [-0.15, -0.1) is 0 Å². The lowest BCUT2D eigenvalue weighted by Gasteiger charge is -2.14. The summed E-state index contributed by atoms with van der Waals surface area (Å²) in [6.45, 7) is 6.90. The predicted molar refractivity (Wildman–Crippen MR) is 83.4 cm³/mol. The van der Waals surface area contributed by atoms with E-state index in [2.05, 4.69) is 22.2 Å². The maximum Gasteiger partial charge on any atom is 0.227 e. The number of ether oxygens (including phenoxy) is 2. The molecule has 5 nitrogen and oxygen atoms in total. The number of hydrogen-bond donors (Lipinski definition) is 1. The molecule has 1 aromatic carbocycles. The monoisotopic (exact) mass is 287 g/mol. The molecule has 5 heteroatoms. The molecular weight excluding hydrogens is 266 g/mol. The van der Waals surface area contributed by atoms with E-state index in [0.29, 0.717) is 17.4 Å². The number of aromatic nitrogens is 2. The van der Waals surface area contributed by atoms with Gasteiger partial charge < -0.3 is 14.8 Å². The van der Waals surface area contributed by atoms with Crippen molar-refractivity contribution in [1.29, 1.82) is 0 Å². The first kappa shape index (κ1) is 15.1. The minimum absolute atomic E-state index is 0.561. The van der Waals surface area contributed by atoms with E-state index in [9.17, 15) is 0 Å². The summed E-state index contributed by atoms with van der Waals surface area (Å²) >= 11 is 0. The van der Waals surface area contributed by atoms with E-state index >= 15 is 0 Å². The van der Waals surface area contributed by atoms with E-state index in [1.807, 2.05) is 32.0 Å². The second-order valence-corrected chi connectivity index (χ2v) is 4.65. The largest absolute Gasteiger partial charge is 0.493 e. The Morgan fingerprint density at radius 1 is 1.14 bits per heavy atom. The number of benzene rings is 1. The summed E-state index contributed by atoms with van der Waals surface area (Å²) in [5, 5.41) is 3.23. The van der Waals surface area contributed by atoms with Crippen LogP contribution in [-0.2, 0) is 6.42 Å². The van der Waals surface area contributed by atoms with Gasteiger partial charge in [-0.25, -0.2) is 9.97 Å². The van der Waals surface area contributed by atoms with Crippen molar-refractivity contribution >= 4 is 5.82 Å². The summed E-state index contributed by atoms with van der Waals surface area (Å²) in [6.07, 6.45) is 2.29. The van der Waals surface area contributed by atoms with Crippen LogP contribution in [0.15, 0.2) is 24.5 Å². The van der Waals surface area contributed by atoms with Crippen molar-refractivity contribution in [2.45, 2.75) is 27.2 Å². The first-order valence-corrected chi connectivity index (χ1v) is 7.09. The van der Waals surface area contributed by atoms with Gasteiger partial charge in [-0.05, 0) is 38.0 Å². The van der Waals surface area contributed by atoms with Gasteiger partial charge in [0, 0.05) is 6.54 Å². The summed E-state index contributed by atoms with van der Waals surface area (Å²) in [6, 6.07) is 5.81. The molecule has 2 aromatic rings. The molecule has 0 aliphatic carbocycles. The van der Waals surface area contributed by atoms with Crippen molar-refractivity contribution in [3.8, 4) is 17.4 Å². The van der Waals surface area contributed by atoms with Crippen LogP contribution < -0.4 is 14.8 Å². The zero-order valence-electron chi connectivity index (χ0n) is 12.9. The third-order valence-electron chi connectivity index (χ3n) is 3.13. The fourth-order valence-corrected chi connectivity index (χ4v) is 2.09. The van der Waals surface area contributed by atoms with Crippen LogP contribution in [0, 0.1) is 6.92 Å². The van der Waals surface area contributed by atoms with Gasteiger partial charge in [-0.2, -0.15) is 0 Å². The molecule has 0 fully saturated rings. The molecule has 0 saturated carbocycles. The average Bonchev–Trinajstić information content (AvgIpc) is 2.49. The number of nitrogens with zero attached hydrogens (tertiary/aromatic N) is 2. The van der Waals surface area contributed by atoms with Gasteiger partial charge in [0.1, 0.15) is 12.1 Å². The van der Waals surface area contributed by atoms with Crippen molar-refractivity contribution in [3.05, 3.63) is 35.7 Å². The number of methoxy groups -OCH3 is 1. The molecule has 21 heavy (non-hydrogen) atoms. The minimum atomic E-state index is 0.561. The summed E-state index contributed by atoms with van der Waals surface area (Å²) in [4.78, 5) is 8.52. The molecule has 0 spiro atoms. The molecule has 0 saturated heterocycles. The van der Waals surface area contributed by atoms with Crippen LogP contribution in [0.2, 0.25) is 0 Å². The number of anilines is 1. The van der Waals surface area contributed by atoms with E-state index < -0.39 is 0 Å². The van der Waals surface area contributed by atoms with E-state index in [1.165, 1.54) is 6.33 Å². The minimum Gasteiger partial charge on any atom is -0.493 e. The van der Waals surface area contributed by atoms with Gasteiger partial charge in [0.2, 0.25) is 5.88 Å². The number of rotatable bonds is 6. The lowest BCUT2D eigenvalue weighted by atomic mass is 10.2. The second-order valence-electron chi connectivity index (χ2n) is 4.65. The van der Waals surface area contributed by atoms with Crippen LogP contribution >= 0.6 is 0 Å². The molecule has 0 amide bonds. The Morgan fingerprint density at radius 3 is 2.62 bits per heavy atom. The Balaban J connectivity index is 2.37. The van der Waals surface area contributed by atoms with Crippen LogP contribution in [0.25, 0.3) is 0 Å². The number of aryl methyl sites for hydroxylation is 1. The fourth-order valence-electron chi connectivity index (χ4n) is 2.09. The van der Waals surface area contributed by atoms with Gasteiger partial charge in [0.25, 0.3) is 0 Å². The van der Waals surface area contributed by atoms with Gasteiger partial charge in [-0.1, -0.05) is 13.0 Å². The Morgan fingerprint density at radius 2 is 1.95 bits per heavy atom. The maximum atomic E-state index is 5.95. The van der Waals surface area contributed by atoms with Gasteiger partial charge >= 0.3 is 0 Å². The Hall–Kier alpha value is -2.30. The molecule has 0 aliphatic rings. The van der Waals surface area contributed by atoms with Crippen LogP contribution in [0.1, 0.15) is 25.0 Å². The normalized spacial score (nSPS) is 10.3. The highest BCUT2D eigenvalue weighted by atomic mass is 16.5. The fraction of sp³-hybridized carbons (Fsp3) is 0.375. The van der Waals surface area contributed by atoms with Crippen LogP contribution in [0.3, 0.4) is 0 Å². The standard InChI is InChI=1S/C16H21N3O2/c1-5-12-15(17-6-2)18-10-19-16(12)21-13-8-7-11(3)9-14(13)20-4/h7-10H,5-6H2,1-4H3,(H,17,18,19). The van der Waals surface area contributed by atoms with Crippen molar-refractivity contribution in [2.24, 2.45) is 0 Å². The third-order valence-corrected chi connectivity index (χ3v) is 3.13. The average molecular weight is 287 g/mol. The van der Waals surface area contributed by atoms with E-state index in [0.717, 1.165) is 29.9 Å². The number of nitrogens with one attached hydrogen (secondary N) is 1. The summed E-state index contributed by atoms with van der Waals surface area (Å²) in [5.41, 5.74) is 2.08. The third kappa shape index (κ3) is 3.42. The molecule has 0 aliphatic heterocycles. The smallest absolute Gasteiger partial charge is 0.227 e. The van der Waals surface area contributed by atoms with E-state index in [1.54, 1.807) is 7.11 Å². The van der Waals surface area contributed by atoms with Crippen molar-refractivity contribution in [3.63, 3.8) is 0 Å². The van der Waals surface area contributed by atoms with Crippen molar-refractivity contribution in [2.75, 3.05) is 19.0 Å². The maximum absolute atomic E-state index is 5.95. The highest BCUT2D eigenvalue weighted by Crippen LogP contribution is 2.34. The van der Waals surface area contributed by atoms with E-state index in [4.69, 9.17) is 9.47 Å². The topological polar surface area (TPSA) is 56.3 Å². The Bertz CT molecular complexity index is 614. The quantitative estimate of drug-likeness (QED) is 0.880. The van der Waals surface area contributed by atoms with Crippen molar-refractivity contribution < 1.29 is 9.47 Å². The van der Waals surface area contributed by atoms with Gasteiger partial charge in [0.05, 0.1) is 12.7 Å². The molecule has 112 valence electrons. The summed E-state index contributed by atoms with van der Waals surface area (Å²) in [5.74, 6) is 2.72. The summed E-state index contributed by atoms with van der Waals surface area (Å²) in [7, 11) is 1.63. The second kappa shape index (κ2) is 6.92. The van der Waals surface area contributed by atoms with Gasteiger partial charge in [-0.3, -0.25) is 0 Å². The van der Waals surface area contributed by atoms with Crippen LogP contribution in [-0.4, -0.2) is 23.6 Å². The first-order valence-electron chi connectivity index (χ1n) is 7.09. The predicted octanol–water partition coefficient (Wildman–Crippen LogP) is 3.58. The lowest BCUT2D eigenvalue weighted by Crippen LogP contribution is -2.06.